The second-order valence-corrected chi connectivity index (χ2v) is 3.66. The van der Waals surface area contributed by atoms with Gasteiger partial charge in [-0.3, -0.25) is 0 Å². The smallest absolute Gasteiger partial charge is 0.123 e. The third-order valence-corrected chi connectivity index (χ3v) is 2.28. The summed E-state index contributed by atoms with van der Waals surface area (Å²) in [5, 5.41) is 3.43. The van der Waals surface area contributed by atoms with Crippen molar-refractivity contribution < 1.29 is 4.74 Å². The van der Waals surface area contributed by atoms with Gasteiger partial charge in [0.25, 0.3) is 0 Å². The second-order valence-electron chi connectivity index (χ2n) is 3.66. The van der Waals surface area contributed by atoms with Gasteiger partial charge in [0, 0.05) is 25.4 Å². The molecule has 1 aromatic heterocycles. The minimum Gasteiger partial charge on any atom is -0.361 e. The van der Waals surface area contributed by atoms with Gasteiger partial charge < -0.3 is 14.6 Å². The van der Waals surface area contributed by atoms with Crippen LogP contribution in [0, 0.1) is 0 Å². The number of imidazole rings is 1. The number of rotatable bonds is 6. The van der Waals surface area contributed by atoms with Crippen molar-refractivity contribution in [2.45, 2.75) is 39.1 Å². The number of aromatic nitrogens is 2. The molecule has 0 amide bonds. The predicted octanol–water partition coefficient (Wildman–Crippen LogP) is 1.13. The van der Waals surface area contributed by atoms with Crippen LogP contribution in [0.5, 0.6) is 0 Å². The lowest BCUT2D eigenvalue weighted by molar-refractivity contribution is 0.0877. The zero-order valence-corrected chi connectivity index (χ0v) is 8.57. The third-order valence-electron chi connectivity index (χ3n) is 2.28. The van der Waals surface area contributed by atoms with E-state index in [1.165, 1.54) is 12.8 Å². The van der Waals surface area contributed by atoms with Crippen molar-refractivity contribution in [1.29, 1.82) is 0 Å². The van der Waals surface area contributed by atoms with Gasteiger partial charge in [0.15, 0.2) is 0 Å². The molecular weight excluding hydrogens is 178 g/mol. The van der Waals surface area contributed by atoms with Crippen LogP contribution in [0.4, 0.5) is 0 Å². The van der Waals surface area contributed by atoms with Gasteiger partial charge in [-0.25, -0.2) is 4.98 Å². The number of nitrogens with one attached hydrogen (secondary N) is 1. The highest BCUT2D eigenvalue weighted by molar-refractivity contribution is 4.97. The standard InChI is InChI=1S/C10H17N3O/c1-2-14-8-13-6-10(12-7-13)5-11-9-3-4-9/h6-7,9,11H,2-5,8H2,1H3. The van der Waals surface area contributed by atoms with Gasteiger partial charge in [-0.05, 0) is 19.8 Å². The molecule has 1 N–H and O–H groups in total. The largest absolute Gasteiger partial charge is 0.361 e. The molecule has 2 rings (SSSR count). The summed E-state index contributed by atoms with van der Waals surface area (Å²) in [6.07, 6.45) is 6.49. The average Bonchev–Trinajstić information content (AvgIpc) is 2.92. The van der Waals surface area contributed by atoms with Gasteiger partial charge in [0.05, 0.1) is 12.0 Å². The van der Waals surface area contributed by atoms with Crippen molar-refractivity contribution in [1.82, 2.24) is 14.9 Å². The Morgan fingerprint density at radius 2 is 2.50 bits per heavy atom. The second kappa shape index (κ2) is 4.57. The minimum atomic E-state index is 0.604. The van der Waals surface area contributed by atoms with E-state index in [4.69, 9.17) is 4.74 Å². The van der Waals surface area contributed by atoms with Crippen LogP contribution in [0.2, 0.25) is 0 Å². The van der Waals surface area contributed by atoms with E-state index in [1.54, 1.807) is 0 Å². The first-order valence-electron chi connectivity index (χ1n) is 5.20. The number of ether oxygens (including phenoxy) is 1. The summed E-state index contributed by atoms with van der Waals surface area (Å²) in [5.41, 5.74) is 1.09. The SMILES string of the molecule is CCOCn1cnc(CNC2CC2)c1. The van der Waals surface area contributed by atoms with E-state index in [2.05, 4.69) is 10.3 Å². The third kappa shape index (κ3) is 2.82. The summed E-state index contributed by atoms with van der Waals surface area (Å²) >= 11 is 0. The molecule has 4 nitrogen and oxygen atoms in total. The van der Waals surface area contributed by atoms with Crippen LogP contribution >= 0.6 is 0 Å². The Hall–Kier alpha value is -0.870. The summed E-state index contributed by atoms with van der Waals surface area (Å²) in [6, 6.07) is 0.743. The van der Waals surface area contributed by atoms with E-state index >= 15 is 0 Å². The van der Waals surface area contributed by atoms with Crippen LogP contribution in [0.15, 0.2) is 12.5 Å². The molecule has 4 heteroatoms. The zero-order chi connectivity index (χ0) is 9.80. The summed E-state index contributed by atoms with van der Waals surface area (Å²) in [4.78, 5) is 4.29. The molecule has 0 aromatic carbocycles. The molecule has 0 radical (unpaired) electrons. The Morgan fingerprint density at radius 1 is 1.64 bits per heavy atom. The Morgan fingerprint density at radius 3 is 3.21 bits per heavy atom. The predicted molar refractivity (Wildman–Crippen MR) is 53.7 cm³/mol. The van der Waals surface area contributed by atoms with E-state index in [9.17, 15) is 0 Å². The molecule has 1 aromatic rings. The molecular formula is C10H17N3O. The normalized spacial score (nSPS) is 16.1. The van der Waals surface area contributed by atoms with E-state index in [0.717, 1.165) is 24.9 Å². The number of hydrogen-bond donors (Lipinski definition) is 1. The van der Waals surface area contributed by atoms with Crippen LogP contribution in [-0.2, 0) is 18.0 Å². The molecule has 14 heavy (non-hydrogen) atoms. The highest BCUT2D eigenvalue weighted by Gasteiger charge is 2.20. The Balaban J connectivity index is 1.76. The minimum absolute atomic E-state index is 0.604. The molecule has 1 aliphatic carbocycles. The Kier molecular flexibility index (Phi) is 3.16. The molecule has 0 saturated heterocycles. The van der Waals surface area contributed by atoms with Gasteiger partial charge in [0.2, 0.25) is 0 Å². The monoisotopic (exact) mass is 195 g/mol. The summed E-state index contributed by atoms with van der Waals surface area (Å²) in [7, 11) is 0. The van der Waals surface area contributed by atoms with E-state index in [0.29, 0.717) is 6.73 Å². The fraction of sp³-hybridized carbons (Fsp3) is 0.700. The topological polar surface area (TPSA) is 39.1 Å². The molecule has 0 spiro atoms. The molecule has 1 fully saturated rings. The van der Waals surface area contributed by atoms with Crippen molar-refractivity contribution in [2.75, 3.05) is 6.61 Å². The lowest BCUT2D eigenvalue weighted by atomic mass is 10.4. The van der Waals surface area contributed by atoms with Gasteiger partial charge >= 0.3 is 0 Å². The Labute approximate surface area is 84.3 Å². The number of nitrogens with zero attached hydrogens (tertiary/aromatic N) is 2. The summed E-state index contributed by atoms with van der Waals surface area (Å²) < 4.78 is 7.24. The molecule has 0 bridgehead atoms. The lowest BCUT2D eigenvalue weighted by Crippen LogP contribution is -2.15. The lowest BCUT2D eigenvalue weighted by Gasteiger charge is -2.00. The highest BCUT2D eigenvalue weighted by Crippen LogP contribution is 2.18. The van der Waals surface area contributed by atoms with Crippen LogP contribution in [-0.4, -0.2) is 22.2 Å². The van der Waals surface area contributed by atoms with Crippen molar-refractivity contribution in [3.05, 3.63) is 18.2 Å². The van der Waals surface area contributed by atoms with Crippen molar-refractivity contribution >= 4 is 0 Å². The maximum Gasteiger partial charge on any atom is 0.123 e. The Bertz CT molecular complexity index is 281. The van der Waals surface area contributed by atoms with E-state index in [1.807, 2.05) is 24.0 Å². The van der Waals surface area contributed by atoms with Gasteiger partial charge in [-0.2, -0.15) is 0 Å². The van der Waals surface area contributed by atoms with Crippen LogP contribution < -0.4 is 5.32 Å². The molecule has 0 atom stereocenters. The van der Waals surface area contributed by atoms with Crippen molar-refractivity contribution in [3.63, 3.8) is 0 Å². The van der Waals surface area contributed by atoms with Crippen molar-refractivity contribution in [3.8, 4) is 0 Å². The van der Waals surface area contributed by atoms with Crippen LogP contribution in [0.3, 0.4) is 0 Å². The molecule has 1 heterocycles. The first kappa shape index (κ1) is 9.68. The first-order chi connectivity index (χ1) is 6.88. The number of hydrogen-bond acceptors (Lipinski definition) is 3. The fourth-order valence-corrected chi connectivity index (χ4v) is 1.30. The van der Waals surface area contributed by atoms with Gasteiger partial charge in [0.1, 0.15) is 6.73 Å². The first-order valence-corrected chi connectivity index (χ1v) is 5.20. The summed E-state index contributed by atoms with van der Waals surface area (Å²) in [5.74, 6) is 0. The van der Waals surface area contributed by atoms with E-state index < -0.39 is 0 Å². The fourth-order valence-electron chi connectivity index (χ4n) is 1.30. The van der Waals surface area contributed by atoms with Gasteiger partial charge in [-0.15, -0.1) is 0 Å². The molecule has 1 aliphatic rings. The maximum absolute atomic E-state index is 5.27. The van der Waals surface area contributed by atoms with Gasteiger partial charge in [-0.1, -0.05) is 0 Å². The van der Waals surface area contributed by atoms with Crippen LogP contribution in [0.25, 0.3) is 0 Å². The molecule has 1 saturated carbocycles. The van der Waals surface area contributed by atoms with Crippen LogP contribution in [0.1, 0.15) is 25.5 Å². The van der Waals surface area contributed by atoms with Crippen molar-refractivity contribution in [2.24, 2.45) is 0 Å². The van der Waals surface area contributed by atoms with E-state index in [-0.39, 0.29) is 0 Å². The maximum atomic E-state index is 5.27. The highest BCUT2D eigenvalue weighted by atomic mass is 16.5. The zero-order valence-electron chi connectivity index (χ0n) is 8.57. The summed E-state index contributed by atoms with van der Waals surface area (Å²) in [6.45, 7) is 4.22. The average molecular weight is 195 g/mol. The molecule has 78 valence electrons. The molecule has 0 unspecified atom stereocenters. The molecule has 0 aliphatic heterocycles. The quantitative estimate of drug-likeness (QED) is 0.739.